The van der Waals surface area contributed by atoms with Crippen LogP contribution in [-0.2, 0) is 6.18 Å². The zero-order chi connectivity index (χ0) is 20.4. The number of hydrogen-bond acceptors (Lipinski definition) is 6. The van der Waals surface area contributed by atoms with E-state index >= 15 is 0 Å². The summed E-state index contributed by atoms with van der Waals surface area (Å²) in [5, 5.41) is 13.9. The summed E-state index contributed by atoms with van der Waals surface area (Å²) in [5.74, 6) is -0.658. The second kappa shape index (κ2) is 7.14. The van der Waals surface area contributed by atoms with E-state index in [1.165, 1.54) is 53.8 Å². The number of rotatable bonds is 4. The number of halogens is 3. The molecule has 1 amide bonds. The lowest BCUT2D eigenvalue weighted by molar-refractivity contribution is -0.143. The molecule has 4 heterocycles. The van der Waals surface area contributed by atoms with E-state index in [1.807, 2.05) is 0 Å². The Bertz CT molecular complexity index is 1120. The van der Waals surface area contributed by atoms with Crippen LogP contribution in [0.25, 0.3) is 11.6 Å². The number of nitrogens with one attached hydrogen (secondary N) is 1. The standard InChI is InChI=1S/C17H11F3N8O/c18-17(19,20)15-12(10-25-27(15)13-3-1-2-6-21-13)16(29)26-11-4-5-14(22-9-11)28-23-7-8-24-28/h1-10H,(H,26,29). The monoisotopic (exact) mass is 400 g/mol. The molecular formula is C17H11F3N8O. The van der Waals surface area contributed by atoms with Crippen LogP contribution in [0.5, 0.6) is 0 Å². The Morgan fingerprint density at radius 2 is 1.69 bits per heavy atom. The molecule has 9 nitrogen and oxygen atoms in total. The lowest BCUT2D eigenvalue weighted by Gasteiger charge is -2.12. The Kier molecular flexibility index (Phi) is 4.50. The Morgan fingerprint density at radius 1 is 0.897 bits per heavy atom. The van der Waals surface area contributed by atoms with E-state index in [9.17, 15) is 18.0 Å². The Labute approximate surface area is 160 Å². The van der Waals surface area contributed by atoms with Crippen molar-refractivity contribution in [2.24, 2.45) is 0 Å². The number of hydrogen-bond donors (Lipinski definition) is 1. The van der Waals surface area contributed by atoms with Gasteiger partial charge >= 0.3 is 6.18 Å². The second-order valence-electron chi connectivity index (χ2n) is 5.68. The van der Waals surface area contributed by atoms with Crippen LogP contribution < -0.4 is 5.32 Å². The van der Waals surface area contributed by atoms with Crippen LogP contribution in [0, 0.1) is 0 Å². The van der Waals surface area contributed by atoms with Gasteiger partial charge in [0.1, 0.15) is 0 Å². The molecule has 0 saturated carbocycles. The van der Waals surface area contributed by atoms with Crippen molar-refractivity contribution in [3.05, 3.63) is 72.6 Å². The van der Waals surface area contributed by atoms with Crippen LogP contribution in [0.4, 0.5) is 18.9 Å². The van der Waals surface area contributed by atoms with E-state index in [4.69, 9.17) is 0 Å². The predicted molar refractivity (Wildman–Crippen MR) is 93.5 cm³/mol. The third kappa shape index (κ3) is 3.67. The molecule has 0 saturated heterocycles. The van der Waals surface area contributed by atoms with Crippen LogP contribution in [0.2, 0.25) is 0 Å². The molecule has 0 atom stereocenters. The lowest BCUT2D eigenvalue weighted by Crippen LogP contribution is -2.21. The van der Waals surface area contributed by atoms with E-state index < -0.39 is 23.3 Å². The van der Waals surface area contributed by atoms with E-state index in [0.717, 1.165) is 6.20 Å². The highest BCUT2D eigenvalue weighted by Crippen LogP contribution is 2.33. The van der Waals surface area contributed by atoms with Crippen molar-refractivity contribution in [2.45, 2.75) is 6.18 Å². The quantitative estimate of drug-likeness (QED) is 0.565. The van der Waals surface area contributed by atoms with Gasteiger partial charge in [-0.15, -0.1) is 4.80 Å². The van der Waals surface area contributed by atoms with Gasteiger partial charge in [0.05, 0.1) is 36.0 Å². The van der Waals surface area contributed by atoms with E-state index in [0.29, 0.717) is 10.5 Å². The van der Waals surface area contributed by atoms with Crippen LogP contribution in [-0.4, -0.2) is 40.6 Å². The summed E-state index contributed by atoms with van der Waals surface area (Å²) in [6.07, 6.45) is 1.58. The minimum atomic E-state index is -4.82. The molecule has 4 aromatic heterocycles. The van der Waals surface area contributed by atoms with Gasteiger partial charge in [-0.3, -0.25) is 4.79 Å². The zero-order valence-electron chi connectivity index (χ0n) is 14.4. The first-order chi connectivity index (χ1) is 13.9. The van der Waals surface area contributed by atoms with Crippen molar-refractivity contribution >= 4 is 11.6 Å². The molecule has 29 heavy (non-hydrogen) atoms. The Hall–Kier alpha value is -4.09. The summed E-state index contributed by atoms with van der Waals surface area (Å²) in [4.78, 5) is 21.7. The first kappa shape index (κ1) is 18.3. The van der Waals surface area contributed by atoms with Crippen LogP contribution in [0.3, 0.4) is 0 Å². The Morgan fingerprint density at radius 3 is 2.31 bits per heavy atom. The first-order valence-electron chi connectivity index (χ1n) is 8.14. The molecule has 4 rings (SSSR count). The highest BCUT2D eigenvalue weighted by atomic mass is 19.4. The van der Waals surface area contributed by atoms with Gasteiger partial charge in [0, 0.05) is 6.20 Å². The first-order valence-corrected chi connectivity index (χ1v) is 8.14. The average Bonchev–Trinajstić information content (AvgIpc) is 3.39. The summed E-state index contributed by atoms with van der Waals surface area (Å²) < 4.78 is 41.5. The summed E-state index contributed by atoms with van der Waals surface area (Å²) in [6, 6.07) is 7.42. The average molecular weight is 400 g/mol. The number of carbonyl (C=O) groups excluding carboxylic acids is 1. The van der Waals surface area contributed by atoms with Gasteiger partial charge in [0.25, 0.3) is 5.91 Å². The summed E-state index contributed by atoms with van der Waals surface area (Å²) >= 11 is 0. The van der Waals surface area contributed by atoms with E-state index in [2.05, 4.69) is 30.6 Å². The fourth-order valence-corrected chi connectivity index (χ4v) is 2.55. The molecule has 0 bridgehead atoms. The van der Waals surface area contributed by atoms with Crippen molar-refractivity contribution < 1.29 is 18.0 Å². The number of aromatic nitrogens is 7. The van der Waals surface area contributed by atoms with Crippen LogP contribution in [0.1, 0.15) is 16.1 Å². The maximum atomic E-state index is 13.6. The third-order valence-corrected chi connectivity index (χ3v) is 3.78. The fourth-order valence-electron chi connectivity index (χ4n) is 2.55. The number of nitrogens with zero attached hydrogens (tertiary/aromatic N) is 7. The molecule has 12 heteroatoms. The molecule has 0 aromatic carbocycles. The lowest BCUT2D eigenvalue weighted by atomic mass is 10.2. The minimum Gasteiger partial charge on any atom is -0.320 e. The predicted octanol–water partition coefficient (Wildman–Crippen LogP) is 2.51. The topological polar surface area (TPSA) is 103 Å². The number of amides is 1. The molecule has 1 N–H and O–H groups in total. The van der Waals surface area contributed by atoms with Crippen molar-refractivity contribution in [3.63, 3.8) is 0 Å². The van der Waals surface area contributed by atoms with Crippen molar-refractivity contribution in [1.29, 1.82) is 0 Å². The molecule has 0 aliphatic rings. The number of anilines is 1. The number of carbonyl (C=O) groups is 1. The zero-order valence-corrected chi connectivity index (χ0v) is 14.4. The minimum absolute atomic E-state index is 0.0587. The normalized spacial score (nSPS) is 11.4. The van der Waals surface area contributed by atoms with Crippen LogP contribution >= 0.6 is 0 Å². The Balaban J connectivity index is 1.63. The van der Waals surface area contributed by atoms with Gasteiger partial charge < -0.3 is 5.32 Å². The van der Waals surface area contributed by atoms with Gasteiger partial charge in [0.2, 0.25) is 0 Å². The summed E-state index contributed by atoms with van der Waals surface area (Å²) in [6.45, 7) is 0. The molecule has 4 aromatic rings. The van der Waals surface area contributed by atoms with Crippen molar-refractivity contribution in [1.82, 2.24) is 34.7 Å². The SMILES string of the molecule is O=C(Nc1ccc(-n2nccn2)nc1)c1cnn(-c2ccccn2)c1C(F)(F)F. The van der Waals surface area contributed by atoms with Crippen molar-refractivity contribution in [3.8, 4) is 11.6 Å². The van der Waals surface area contributed by atoms with Gasteiger partial charge in [-0.2, -0.15) is 28.5 Å². The smallest absolute Gasteiger partial charge is 0.320 e. The van der Waals surface area contributed by atoms with Gasteiger partial charge in [0.15, 0.2) is 17.3 Å². The molecule has 0 unspecified atom stereocenters. The van der Waals surface area contributed by atoms with Gasteiger partial charge in [-0.25, -0.2) is 14.6 Å². The second-order valence-corrected chi connectivity index (χ2v) is 5.68. The molecule has 0 radical (unpaired) electrons. The fraction of sp³-hybridized carbons (Fsp3) is 0.0588. The van der Waals surface area contributed by atoms with Gasteiger partial charge in [-0.05, 0) is 24.3 Å². The molecular weight excluding hydrogens is 389 g/mol. The molecule has 0 aliphatic heterocycles. The van der Waals surface area contributed by atoms with E-state index in [1.54, 1.807) is 6.07 Å². The van der Waals surface area contributed by atoms with Crippen molar-refractivity contribution in [2.75, 3.05) is 5.32 Å². The highest BCUT2D eigenvalue weighted by molar-refractivity contribution is 6.05. The largest absolute Gasteiger partial charge is 0.434 e. The molecule has 146 valence electrons. The summed E-state index contributed by atoms with van der Waals surface area (Å²) in [7, 11) is 0. The van der Waals surface area contributed by atoms with E-state index in [-0.39, 0.29) is 11.5 Å². The molecule has 0 fully saturated rings. The number of pyridine rings is 2. The highest BCUT2D eigenvalue weighted by Gasteiger charge is 2.40. The van der Waals surface area contributed by atoms with Gasteiger partial charge in [-0.1, -0.05) is 6.07 Å². The maximum absolute atomic E-state index is 13.6. The molecule has 0 spiro atoms. The molecule has 0 aliphatic carbocycles. The van der Waals surface area contributed by atoms with Crippen LogP contribution in [0.15, 0.2) is 61.3 Å². The third-order valence-electron chi connectivity index (χ3n) is 3.78. The summed E-state index contributed by atoms with van der Waals surface area (Å²) in [5.41, 5.74) is -1.66. The maximum Gasteiger partial charge on any atom is 0.434 e. The number of alkyl halides is 3.